The van der Waals surface area contributed by atoms with Gasteiger partial charge in [-0.25, -0.2) is 0 Å². The molecule has 0 aliphatic heterocycles. The van der Waals surface area contributed by atoms with Gasteiger partial charge in [0.05, 0.1) is 81.4 Å². The van der Waals surface area contributed by atoms with Gasteiger partial charge in [-0.05, 0) is 171 Å². The summed E-state index contributed by atoms with van der Waals surface area (Å²) in [6, 6.07) is 60.7. The summed E-state index contributed by atoms with van der Waals surface area (Å²) in [5, 5.41) is 5.23. The third-order valence-corrected chi connectivity index (χ3v) is 11.5. The molecule has 0 atom stereocenters. The standard InChI is InChI=1S/2C15H13N3O.4C10H8N2.C3H8.2ClH.2Ru/c2*1-3-6-18-15(19)12-5-8-17-14(10-12)13-9-11(2)4-7-16-13;4*1-3-7-11-9(5-1)10-6-2-4-8-12-10;1-3-2;;;;/h2*1,4-5,7-10H,6H2,2H3,(H,18,19);4*1-8H;3H2,1-2H3;2*1H;;/q;;;;;;;;;;+2/p-2. The molecule has 12 aromatic heterocycles. The van der Waals surface area contributed by atoms with Crippen molar-refractivity contribution in [1.82, 2.24) is 70.4 Å². The number of carbonyl (C=O) groups excluding carboxylic acids is 2. The third kappa shape index (κ3) is 29.0. The fourth-order valence-corrected chi connectivity index (χ4v) is 7.36. The summed E-state index contributed by atoms with van der Waals surface area (Å²) in [6.45, 7) is 8.63. The van der Waals surface area contributed by atoms with Gasteiger partial charge < -0.3 is 10.6 Å². The first-order valence-corrected chi connectivity index (χ1v) is 32.9. The summed E-state index contributed by atoms with van der Waals surface area (Å²) in [5.74, 6) is 4.30. The average Bonchev–Trinajstić information content (AvgIpc) is 1.99. The number of carbonyl (C=O) groups is 2. The van der Waals surface area contributed by atoms with Gasteiger partial charge in [0, 0.05) is 105 Å². The van der Waals surface area contributed by atoms with Crippen molar-refractivity contribution in [3.8, 4) is 93.0 Å². The summed E-state index contributed by atoms with van der Waals surface area (Å²) >= 11 is -0.346. The number of aromatic nitrogens is 12. The van der Waals surface area contributed by atoms with Crippen molar-refractivity contribution in [2.75, 3.05) is 13.1 Å². The first kappa shape index (κ1) is 75.1. The van der Waals surface area contributed by atoms with Gasteiger partial charge in [0.15, 0.2) is 0 Å². The molecule has 470 valence electrons. The Labute approximate surface area is 572 Å². The second kappa shape index (κ2) is 45.9. The average molecular weight is 1440 g/mol. The summed E-state index contributed by atoms with van der Waals surface area (Å²) in [7, 11) is 9.71. The van der Waals surface area contributed by atoms with E-state index in [4.69, 9.17) is 32.2 Å². The normalized spacial score (nSPS) is 9.38. The van der Waals surface area contributed by atoms with Crippen LogP contribution in [-0.2, 0) is 34.6 Å². The van der Waals surface area contributed by atoms with Crippen LogP contribution in [0.25, 0.3) is 68.3 Å². The molecule has 0 bridgehead atoms. The Morgan fingerprint density at radius 3 is 0.720 bits per heavy atom. The van der Waals surface area contributed by atoms with Crippen LogP contribution < -0.4 is 10.6 Å². The molecule has 0 saturated carbocycles. The Morgan fingerprint density at radius 2 is 0.538 bits per heavy atom. The molecule has 0 radical (unpaired) electrons. The van der Waals surface area contributed by atoms with Crippen LogP contribution >= 0.6 is 19.4 Å². The molecule has 2 amide bonds. The molecule has 12 heterocycles. The van der Waals surface area contributed by atoms with Gasteiger partial charge in [-0.2, -0.15) is 0 Å². The zero-order valence-corrected chi connectivity index (χ0v) is 56.3. The molecular formula is C73H66Cl2N14O2Ru2. The van der Waals surface area contributed by atoms with Crippen LogP contribution in [0.15, 0.2) is 268 Å². The Balaban J connectivity index is 0.000000236. The van der Waals surface area contributed by atoms with Gasteiger partial charge in [-0.1, -0.05) is 80.6 Å². The van der Waals surface area contributed by atoms with E-state index in [1.807, 2.05) is 184 Å². The summed E-state index contributed by atoms with van der Waals surface area (Å²) in [5.41, 5.74) is 13.3. The van der Waals surface area contributed by atoms with Crippen LogP contribution in [0.4, 0.5) is 0 Å². The number of nitrogens with one attached hydrogen (secondary N) is 2. The maximum atomic E-state index is 11.8. The summed E-state index contributed by atoms with van der Waals surface area (Å²) in [6.07, 6.45) is 32.2. The van der Waals surface area contributed by atoms with Crippen molar-refractivity contribution in [3.05, 3.63) is 291 Å². The third-order valence-electron chi connectivity index (χ3n) is 11.5. The largest absolute Gasteiger partial charge is 0.255 e. The molecule has 12 rings (SSSR count). The number of hydrogen-bond acceptors (Lipinski definition) is 14. The van der Waals surface area contributed by atoms with Gasteiger partial charge >= 0.3 is 34.5 Å². The number of amides is 2. The van der Waals surface area contributed by atoms with E-state index in [0.29, 0.717) is 22.5 Å². The van der Waals surface area contributed by atoms with E-state index >= 15 is 0 Å². The van der Waals surface area contributed by atoms with Gasteiger partial charge in [-0.15, -0.1) is 12.8 Å². The molecule has 0 aliphatic carbocycles. The van der Waals surface area contributed by atoms with E-state index in [1.54, 1.807) is 98.6 Å². The number of rotatable bonds is 10. The zero-order chi connectivity index (χ0) is 65.6. The van der Waals surface area contributed by atoms with E-state index in [0.717, 1.165) is 68.1 Å². The number of halogens is 2. The number of hydrogen-bond donors (Lipinski definition) is 2. The van der Waals surface area contributed by atoms with Crippen molar-refractivity contribution in [1.29, 1.82) is 0 Å². The van der Waals surface area contributed by atoms with Gasteiger partial charge in [-0.3, -0.25) is 69.4 Å². The molecule has 0 aliphatic rings. The number of nitrogens with zero attached hydrogens (tertiary/aromatic N) is 12. The minimum absolute atomic E-state index is 0. The molecule has 0 fully saturated rings. The van der Waals surface area contributed by atoms with Crippen LogP contribution in [0.1, 0.15) is 52.1 Å². The number of pyridine rings is 12. The quantitative estimate of drug-likeness (QED) is 0.0963. The van der Waals surface area contributed by atoms with E-state index in [1.165, 1.54) is 6.42 Å². The zero-order valence-electron chi connectivity index (χ0n) is 51.3. The van der Waals surface area contributed by atoms with Crippen LogP contribution in [0.5, 0.6) is 0 Å². The monoisotopic (exact) mass is 1440 g/mol. The van der Waals surface area contributed by atoms with Crippen LogP contribution in [0.2, 0.25) is 0 Å². The summed E-state index contributed by atoms with van der Waals surface area (Å²) < 4.78 is 0. The van der Waals surface area contributed by atoms with Crippen LogP contribution in [0.3, 0.4) is 0 Å². The van der Waals surface area contributed by atoms with Crippen molar-refractivity contribution >= 4 is 31.2 Å². The smallest absolute Gasteiger partial charge is 0.0886 e. The molecule has 0 aromatic carbocycles. The number of aryl methyl sites for hydroxylation is 2. The maximum Gasteiger partial charge on any atom is 0.0886 e. The topological polar surface area (TPSA) is 213 Å². The van der Waals surface area contributed by atoms with E-state index in [9.17, 15) is 9.59 Å². The van der Waals surface area contributed by atoms with E-state index < -0.39 is 0 Å². The predicted molar refractivity (Wildman–Crippen MR) is 364 cm³/mol. The second-order valence-electron chi connectivity index (χ2n) is 18.5. The summed E-state index contributed by atoms with van der Waals surface area (Å²) in [4.78, 5) is 74.0. The van der Waals surface area contributed by atoms with E-state index in [-0.39, 0.29) is 59.5 Å². The molecule has 0 unspecified atom stereocenters. The fourth-order valence-electron chi connectivity index (χ4n) is 7.36. The first-order valence-electron chi connectivity index (χ1n) is 28.5. The predicted octanol–water partition coefficient (Wildman–Crippen LogP) is 15.0. The van der Waals surface area contributed by atoms with E-state index in [2.05, 4.69) is 96.1 Å². The van der Waals surface area contributed by atoms with Crippen LogP contribution in [0, 0.1) is 38.5 Å². The molecule has 12 aromatic rings. The van der Waals surface area contributed by atoms with Crippen molar-refractivity contribution in [2.45, 2.75) is 34.1 Å². The van der Waals surface area contributed by atoms with Gasteiger partial charge in [0.2, 0.25) is 0 Å². The van der Waals surface area contributed by atoms with Crippen molar-refractivity contribution < 1.29 is 44.2 Å². The second-order valence-corrected chi connectivity index (χ2v) is 21.2. The van der Waals surface area contributed by atoms with Crippen molar-refractivity contribution in [3.63, 3.8) is 0 Å². The maximum absolute atomic E-state index is 11.8. The Hall–Kier alpha value is -10.3. The molecular weight excluding hydrogens is 1380 g/mol. The first-order chi connectivity index (χ1) is 45.1. The Bertz CT molecular complexity index is 3510. The molecule has 20 heteroatoms. The number of terminal acetylenes is 2. The molecule has 2 N–H and O–H groups in total. The Morgan fingerprint density at radius 1 is 0.344 bits per heavy atom. The fraction of sp³-hybridized carbons (Fsp3) is 0.0959. The minimum atomic E-state index is -0.346. The molecule has 0 spiro atoms. The van der Waals surface area contributed by atoms with Crippen LogP contribution in [-0.4, -0.2) is 84.7 Å². The minimum Gasteiger partial charge on any atom is -0.255 e. The van der Waals surface area contributed by atoms with Crippen molar-refractivity contribution in [2.24, 2.45) is 0 Å². The van der Waals surface area contributed by atoms with Gasteiger partial charge in [0.1, 0.15) is 0 Å². The molecule has 0 saturated heterocycles. The molecule has 16 nitrogen and oxygen atoms in total. The van der Waals surface area contributed by atoms with Gasteiger partial charge in [0.25, 0.3) is 11.8 Å². The SMILES string of the molecule is C#CCNC(=O)c1ccnc(-c2cc(C)ccn2)c1.C#CCNC(=O)c1ccnc(-c2cc(C)ccn2)c1.CCC.[Cl][Ru][Cl].[Ru].c1ccc(-c2ccccn2)nc1.c1ccc(-c2ccccn2)nc1.c1ccc(-c2ccccn2)nc1.c1ccc(-c2ccccn2)nc1. The molecule has 93 heavy (non-hydrogen) atoms. The Kier molecular flexibility index (Phi) is 37.1.